The van der Waals surface area contributed by atoms with E-state index in [4.69, 9.17) is 9.72 Å². The molecule has 0 unspecified atom stereocenters. The minimum atomic E-state index is 0.827. The number of hydrogen-bond donors (Lipinski definition) is 0. The smallest absolute Gasteiger partial charge is 0.145 e. The zero-order valence-corrected chi connectivity index (χ0v) is 25.0. The van der Waals surface area contributed by atoms with E-state index in [0.717, 1.165) is 78.2 Å². The van der Waals surface area contributed by atoms with Crippen molar-refractivity contribution in [3.05, 3.63) is 169 Å². The maximum Gasteiger partial charge on any atom is 0.145 e. The van der Waals surface area contributed by atoms with Gasteiger partial charge in [0.05, 0.1) is 5.52 Å². The summed E-state index contributed by atoms with van der Waals surface area (Å²) in [5.74, 6) is 1.66. The summed E-state index contributed by atoms with van der Waals surface area (Å²) in [6.07, 6.45) is 6.31. The highest BCUT2D eigenvalue weighted by atomic mass is 16.5. The molecule has 9 rings (SSSR count). The van der Waals surface area contributed by atoms with Crippen molar-refractivity contribution < 1.29 is 4.74 Å². The maximum absolute atomic E-state index is 6.75. The molecule has 0 radical (unpaired) electrons. The number of pyridine rings is 1. The lowest BCUT2D eigenvalue weighted by Gasteiger charge is -2.16. The Labute approximate surface area is 267 Å². The molecule has 0 atom stereocenters. The number of nitrogens with zero attached hydrogens (tertiary/aromatic N) is 2. The molecular formula is C43H28N2O. The molecule has 216 valence electrons. The first-order chi connectivity index (χ1) is 22.8. The topological polar surface area (TPSA) is 27.1 Å². The molecule has 0 saturated heterocycles. The molecule has 0 amide bonds. The summed E-state index contributed by atoms with van der Waals surface area (Å²) in [4.78, 5) is 4.80. The summed E-state index contributed by atoms with van der Waals surface area (Å²) in [6, 6.07) is 53.3. The predicted octanol–water partition coefficient (Wildman–Crippen LogP) is 11.5. The van der Waals surface area contributed by atoms with Gasteiger partial charge in [-0.1, -0.05) is 109 Å². The fraction of sp³-hybridized carbons (Fsp3) is 0. The molecule has 0 saturated carbocycles. The summed E-state index contributed by atoms with van der Waals surface area (Å²) in [5.41, 5.74) is 12.2. The summed E-state index contributed by atoms with van der Waals surface area (Å²) in [6.45, 7) is 0. The van der Waals surface area contributed by atoms with Crippen LogP contribution < -0.4 is 4.74 Å². The molecular weight excluding hydrogens is 560 g/mol. The molecule has 0 N–H and O–H groups in total. The molecule has 0 bridgehead atoms. The standard InChI is InChI=1S/C43H28N2O/c1-2-12-33(13-3-1)45-40-25-24-32(28-39(40)37-17-10-26-44-43(37)45)31-23-22-30-21-20-29-11-4-5-14-34(29)35-15-6-8-18-41(35)46-42-19-9-7-16-36(42)38(30)27-31/h1-28H. The molecule has 3 heterocycles. The minimum Gasteiger partial charge on any atom is -0.456 e. The third-order valence-electron chi connectivity index (χ3n) is 8.90. The van der Waals surface area contributed by atoms with Gasteiger partial charge < -0.3 is 4.74 Å². The summed E-state index contributed by atoms with van der Waals surface area (Å²) >= 11 is 0. The molecule has 46 heavy (non-hydrogen) atoms. The average molecular weight is 589 g/mol. The third kappa shape index (κ3) is 4.33. The third-order valence-corrected chi connectivity index (χ3v) is 8.90. The molecule has 0 spiro atoms. The molecule has 0 aliphatic carbocycles. The number of aromatic nitrogens is 2. The van der Waals surface area contributed by atoms with Crippen molar-refractivity contribution in [3.8, 4) is 50.6 Å². The molecule has 6 aromatic carbocycles. The summed E-state index contributed by atoms with van der Waals surface area (Å²) < 4.78 is 8.99. The van der Waals surface area contributed by atoms with Crippen LogP contribution >= 0.6 is 0 Å². The lowest BCUT2D eigenvalue weighted by atomic mass is 9.92. The number of fused-ring (bicyclic) bond motifs is 9. The highest BCUT2D eigenvalue weighted by Gasteiger charge is 2.18. The highest BCUT2D eigenvalue weighted by molar-refractivity contribution is 6.09. The van der Waals surface area contributed by atoms with E-state index in [-0.39, 0.29) is 0 Å². The van der Waals surface area contributed by atoms with E-state index in [1.165, 1.54) is 5.39 Å². The van der Waals surface area contributed by atoms with Crippen LogP contribution in [0.15, 0.2) is 158 Å². The summed E-state index contributed by atoms with van der Waals surface area (Å²) in [7, 11) is 0. The monoisotopic (exact) mass is 588 g/mol. The number of hydrogen-bond acceptors (Lipinski definition) is 2. The van der Waals surface area contributed by atoms with E-state index in [9.17, 15) is 0 Å². The van der Waals surface area contributed by atoms with Crippen molar-refractivity contribution in [1.29, 1.82) is 0 Å². The second-order valence-corrected chi connectivity index (χ2v) is 11.6. The van der Waals surface area contributed by atoms with E-state index >= 15 is 0 Å². The van der Waals surface area contributed by atoms with Gasteiger partial charge in [-0.3, -0.25) is 4.57 Å². The Hall–Kier alpha value is -6.19. The number of ether oxygens (including phenoxy) is 1. The van der Waals surface area contributed by atoms with Gasteiger partial charge in [0.15, 0.2) is 0 Å². The van der Waals surface area contributed by atoms with Crippen LogP contribution in [0.3, 0.4) is 0 Å². The molecule has 3 nitrogen and oxygen atoms in total. The van der Waals surface area contributed by atoms with Crippen LogP contribution in [0.1, 0.15) is 11.1 Å². The van der Waals surface area contributed by atoms with E-state index in [0.29, 0.717) is 0 Å². The van der Waals surface area contributed by atoms with Gasteiger partial charge in [-0.15, -0.1) is 0 Å². The van der Waals surface area contributed by atoms with Gasteiger partial charge in [0, 0.05) is 33.8 Å². The van der Waals surface area contributed by atoms with Gasteiger partial charge in [-0.2, -0.15) is 0 Å². The number of para-hydroxylation sites is 3. The highest BCUT2D eigenvalue weighted by Crippen LogP contribution is 2.43. The predicted molar refractivity (Wildman–Crippen MR) is 190 cm³/mol. The van der Waals surface area contributed by atoms with Crippen LogP contribution in [0.4, 0.5) is 0 Å². The Morgan fingerprint density at radius 2 is 1.09 bits per heavy atom. The second-order valence-electron chi connectivity index (χ2n) is 11.6. The Morgan fingerprint density at radius 1 is 0.457 bits per heavy atom. The zero-order valence-electron chi connectivity index (χ0n) is 25.0. The Morgan fingerprint density at radius 3 is 1.89 bits per heavy atom. The van der Waals surface area contributed by atoms with Crippen molar-refractivity contribution in [2.75, 3.05) is 0 Å². The average Bonchev–Trinajstić information content (AvgIpc) is 3.44. The van der Waals surface area contributed by atoms with Crippen LogP contribution in [0.2, 0.25) is 0 Å². The SMILES string of the molecule is C1=Cc2ccc(-c3ccc4c(c3)c3cccnc3n4-c3ccccc3)cc2-c2ccccc2Oc2ccccc2-c2ccccc21. The molecule has 2 aromatic heterocycles. The zero-order chi connectivity index (χ0) is 30.5. The lowest BCUT2D eigenvalue weighted by Crippen LogP contribution is -1.94. The second kappa shape index (κ2) is 10.8. The van der Waals surface area contributed by atoms with Gasteiger partial charge in [0.2, 0.25) is 0 Å². The molecule has 3 heteroatoms. The number of rotatable bonds is 2. The van der Waals surface area contributed by atoms with Crippen molar-refractivity contribution in [1.82, 2.24) is 9.55 Å². The van der Waals surface area contributed by atoms with E-state index in [2.05, 4.69) is 144 Å². The first kappa shape index (κ1) is 26.2. The fourth-order valence-electron chi connectivity index (χ4n) is 6.72. The molecule has 8 aromatic rings. The van der Waals surface area contributed by atoms with E-state index in [1.807, 2.05) is 30.5 Å². The quantitative estimate of drug-likeness (QED) is 0.201. The van der Waals surface area contributed by atoms with Crippen molar-refractivity contribution in [2.24, 2.45) is 0 Å². The number of benzene rings is 6. The Balaban J connectivity index is 1.24. The van der Waals surface area contributed by atoms with Crippen molar-refractivity contribution >= 4 is 34.1 Å². The fourth-order valence-corrected chi connectivity index (χ4v) is 6.72. The van der Waals surface area contributed by atoms with Gasteiger partial charge in [0.25, 0.3) is 0 Å². The van der Waals surface area contributed by atoms with Crippen LogP contribution in [-0.4, -0.2) is 9.55 Å². The summed E-state index contributed by atoms with van der Waals surface area (Å²) in [5, 5.41) is 2.32. The first-order valence-corrected chi connectivity index (χ1v) is 15.5. The normalized spacial score (nSPS) is 12.0. The van der Waals surface area contributed by atoms with Gasteiger partial charge in [0.1, 0.15) is 17.1 Å². The lowest BCUT2D eigenvalue weighted by molar-refractivity contribution is 0.486. The van der Waals surface area contributed by atoms with Crippen molar-refractivity contribution in [2.45, 2.75) is 0 Å². The van der Waals surface area contributed by atoms with Crippen LogP contribution in [0.5, 0.6) is 11.5 Å². The van der Waals surface area contributed by atoms with Gasteiger partial charge >= 0.3 is 0 Å². The van der Waals surface area contributed by atoms with Crippen LogP contribution in [-0.2, 0) is 0 Å². The van der Waals surface area contributed by atoms with Crippen molar-refractivity contribution in [3.63, 3.8) is 0 Å². The Bertz CT molecular complexity index is 2450. The Kier molecular flexibility index (Phi) is 6.14. The van der Waals surface area contributed by atoms with Gasteiger partial charge in [-0.05, 0) is 88.0 Å². The first-order valence-electron chi connectivity index (χ1n) is 15.5. The van der Waals surface area contributed by atoms with E-state index in [1.54, 1.807) is 0 Å². The van der Waals surface area contributed by atoms with Crippen LogP contribution in [0.25, 0.3) is 73.2 Å². The van der Waals surface area contributed by atoms with Crippen LogP contribution in [0, 0.1) is 0 Å². The van der Waals surface area contributed by atoms with Gasteiger partial charge in [-0.25, -0.2) is 4.98 Å². The van der Waals surface area contributed by atoms with E-state index < -0.39 is 0 Å². The molecule has 1 aliphatic rings. The molecule has 1 aliphatic heterocycles. The maximum atomic E-state index is 6.75. The largest absolute Gasteiger partial charge is 0.456 e. The minimum absolute atomic E-state index is 0.827. The molecule has 0 fully saturated rings.